The Balaban J connectivity index is 1.13. The monoisotopic (exact) mass is 491 g/mol. The summed E-state index contributed by atoms with van der Waals surface area (Å²) in [7, 11) is 0. The standard InChI is InChI=1S/C25H29N7O4/c1-25(2,3)36-24(35)29-21-18-13-30(14-19(18)21)12-16-4-6-17(7-5-16)32-10-8-20(28-23(32)34)27-22(33)31-11-9-26-15-31/h4-11,15,18-19,21H,12-14H2,1-3H3,(H,29,35)(H,27,28,33,34). The molecule has 5 rings (SSSR count). The van der Waals surface area contributed by atoms with Crippen LogP contribution >= 0.6 is 0 Å². The van der Waals surface area contributed by atoms with Crippen LogP contribution < -0.4 is 16.3 Å². The molecule has 2 amide bonds. The predicted octanol–water partition coefficient (Wildman–Crippen LogP) is 2.46. The third-order valence-corrected chi connectivity index (χ3v) is 6.35. The number of hydrogen-bond donors (Lipinski definition) is 2. The number of nitrogens with zero attached hydrogens (tertiary/aromatic N) is 5. The van der Waals surface area contributed by atoms with Crippen molar-refractivity contribution in [3.63, 3.8) is 0 Å². The predicted molar refractivity (Wildman–Crippen MR) is 132 cm³/mol. The Kier molecular flexibility index (Phi) is 6.09. The lowest BCUT2D eigenvalue weighted by atomic mass is 10.2. The highest BCUT2D eigenvalue weighted by molar-refractivity contribution is 5.89. The Morgan fingerprint density at radius 3 is 2.42 bits per heavy atom. The van der Waals surface area contributed by atoms with Gasteiger partial charge in [-0.3, -0.25) is 19.4 Å². The number of carbonyl (C=O) groups excluding carboxylic acids is 2. The SMILES string of the molecule is CC(C)(C)OC(=O)NC1C2CN(Cc3ccc(-n4ccc(NC(=O)n5ccnc5)nc4=O)cc3)CC21. The van der Waals surface area contributed by atoms with Crippen LogP contribution in [0.1, 0.15) is 26.3 Å². The molecule has 36 heavy (non-hydrogen) atoms. The molecule has 1 saturated carbocycles. The Labute approximate surface area is 208 Å². The maximum Gasteiger partial charge on any atom is 0.407 e. The summed E-state index contributed by atoms with van der Waals surface area (Å²) in [5.74, 6) is 1.10. The maximum atomic E-state index is 12.5. The van der Waals surface area contributed by atoms with Crippen molar-refractivity contribution in [2.24, 2.45) is 11.8 Å². The van der Waals surface area contributed by atoms with Crippen LogP contribution in [0, 0.1) is 11.8 Å². The second-order valence-corrected chi connectivity index (χ2v) is 10.2. The number of fused-ring (bicyclic) bond motifs is 1. The summed E-state index contributed by atoms with van der Waals surface area (Å²) in [5.41, 5.74) is 0.845. The molecular weight excluding hydrogens is 462 g/mol. The summed E-state index contributed by atoms with van der Waals surface area (Å²) in [6.45, 7) is 8.25. The van der Waals surface area contributed by atoms with Gasteiger partial charge in [-0.25, -0.2) is 19.4 Å². The quantitative estimate of drug-likeness (QED) is 0.562. The van der Waals surface area contributed by atoms with E-state index in [0.717, 1.165) is 25.2 Å². The molecule has 11 nitrogen and oxygen atoms in total. The number of imidazole rings is 1. The Morgan fingerprint density at radius 1 is 1.08 bits per heavy atom. The number of likely N-dealkylation sites (tertiary alicyclic amines) is 1. The topological polar surface area (TPSA) is 123 Å². The Hall–Kier alpha value is -3.99. The van der Waals surface area contributed by atoms with Crippen molar-refractivity contribution >= 4 is 17.9 Å². The summed E-state index contributed by atoms with van der Waals surface area (Å²) in [6.07, 6.45) is 5.59. The summed E-state index contributed by atoms with van der Waals surface area (Å²) in [4.78, 5) is 46.8. The van der Waals surface area contributed by atoms with Crippen LogP contribution in [0.5, 0.6) is 0 Å². The normalized spacial score (nSPS) is 21.0. The van der Waals surface area contributed by atoms with Crippen molar-refractivity contribution in [3.8, 4) is 5.69 Å². The summed E-state index contributed by atoms with van der Waals surface area (Å²) in [6, 6.07) is 9.08. The molecule has 1 aliphatic carbocycles. The molecule has 2 aromatic heterocycles. The molecule has 188 valence electrons. The zero-order valence-corrected chi connectivity index (χ0v) is 20.4. The fourth-order valence-electron chi connectivity index (χ4n) is 4.64. The van der Waals surface area contributed by atoms with E-state index in [0.29, 0.717) is 17.5 Å². The van der Waals surface area contributed by atoms with Gasteiger partial charge in [-0.1, -0.05) is 12.1 Å². The lowest BCUT2D eigenvalue weighted by Gasteiger charge is -2.22. The van der Waals surface area contributed by atoms with Crippen LogP contribution in [0.3, 0.4) is 0 Å². The number of nitrogens with one attached hydrogen (secondary N) is 2. The van der Waals surface area contributed by atoms with Crippen LogP contribution in [0.4, 0.5) is 15.4 Å². The van der Waals surface area contributed by atoms with Gasteiger partial charge in [0.2, 0.25) is 0 Å². The van der Waals surface area contributed by atoms with Crippen molar-refractivity contribution in [1.29, 1.82) is 0 Å². The number of amides is 2. The lowest BCUT2D eigenvalue weighted by molar-refractivity contribution is 0.0513. The highest BCUT2D eigenvalue weighted by Gasteiger charge is 2.56. The number of benzene rings is 1. The number of rotatable bonds is 5. The van der Waals surface area contributed by atoms with Crippen LogP contribution in [0.2, 0.25) is 0 Å². The van der Waals surface area contributed by atoms with Crippen LogP contribution in [0.15, 0.2) is 60.0 Å². The van der Waals surface area contributed by atoms with E-state index in [2.05, 4.69) is 25.5 Å². The van der Waals surface area contributed by atoms with E-state index >= 15 is 0 Å². The second kappa shape index (κ2) is 9.23. The van der Waals surface area contributed by atoms with E-state index in [1.54, 1.807) is 12.3 Å². The van der Waals surface area contributed by atoms with Gasteiger partial charge >= 0.3 is 17.8 Å². The zero-order chi connectivity index (χ0) is 25.4. The van der Waals surface area contributed by atoms with E-state index in [-0.39, 0.29) is 18.0 Å². The Bertz CT molecular complexity index is 1300. The van der Waals surface area contributed by atoms with Crippen molar-refractivity contribution < 1.29 is 14.3 Å². The minimum Gasteiger partial charge on any atom is -0.444 e. The fourth-order valence-corrected chi connectivity index (χ4v) is 4.64. The molecule has 2 aliphatic rings. The second-order valence-electron chi connectivity index (χ2n) is 10.2. The number of anilines is 1. The molecule has 11 heteroatoms. The van der Waals surface area contributed by atoms with Gasteiger partial charge in [0.05, 0.1) is 5.69 Å². The van der Waals surface area contributed by atoms with Crippen molar-refractivity contribution in [1.82, 2.24) is 29.3 Å². The molecule has 2 fully saturated rings. The molecule has 2 atom stereocenters. The number of alkyl carbamates (subject to hydrolysis) is 1. The summed E-state index contributed by atoms with van der Waals surface area (Å²) < 4.78 is 8.04. The first-order valence-electron chi connectivity index (χ1n) is 11.9. The van der Waals surface area contributed by atoms with E-state index in [1.165, 1.54) is 27.9 Å². The first-order chi connectivity index (χ1) is 17.2. The molecule has 1 saturated heterocycles. The van der Waals surface area contributed by atoms with E-state index < -0.39 is 17.3 Å². The minimum atomic E-state index is -0.494. The largest absolute Gasteiger partial charge is 0.444 e. The van der Waals surface area contributed by atoms with Crippen molar-refractivity contribution in [2.45, 2.75) is 39.0 Å². The average molecular weight is 492 g/mol. The molecule has 0 bridgehead atoms. The highest BCUT2D eigenvalue weighted by atomic mass is 16.6. The molecule has 3 heterocycles. The molecule has 1 aromatic carbocycles. The third-order valence-electron chi connectivity index (χ3n) is 6.35. The minimum absolute atomic E-state index is 0.165. The van der Waals surface area contributed by atoms with Gasteiger partial charge in [0.1, 0.15) is 17.7 Å². The first-order valence-corrected chi connectivity index (χ1v) is 11.9. The van der Waals surface area contributed by atoms with E-state index in [4.69, 9.17) is 4.74 Å². The molecule has 3 aromatic rings. The van der Waals surface area contributed by atoms with E-state index in [9.17, 15) is 14.4 Å². The summed E-state index contributed by atoms with van der Waals surface area (Å²) >= 11 is 0. The fraction of sp³-hybridized carbons (Fsp3) is 0.400. The number of piperidine rings is 1. The summed E-state index contributed by atoms with van der Waals surface area (Å²) in [5, 5.41) is 5.56. The lowest BCUT2D eigenvalue weighted by Crippen LogP contribution is -2.38. The number of ether oxygens (including phenoxy) is 1. The van der Waals surface area contributed by atoms with Crippen LogP contribution in [-0.4, -0.2) is 60.9 Å². The van der Waals surface area contributed by atoms with Crippen LogP contribution in [-0.2, 0) is 11.3 Å². The smallest absolute Gasteiger partial charge is 0.407 e. The first kappa shape index (κ1) is 23.7. The maximum absolute atomic E-state index is 12.5. The van der Waals surface area contributed by atoms with Gasteiger partial charge < -0.3 is 10.1 Å². The highest BCUT2D eigenvalue weighted by Crippen LogP contribution is 2.46. The average Bonchev–Trinajstić information content (AvgIpc) is 3.21. The third kappa shape index (κ3) is 5.30. The van der Waals surface area contributed by atoms with Crippen LogP contribution in [0.25, 0.3) is 5.69 Å². The molecule has 1 aliphatic heterocycles. The van der Waals surface area contributed by atoms with Gasteiger partial charge in [-0.2, -0.15) is 4.98 Å². The van der Waals surface area contributed by atoms with E-state index in [1.807, 2.05) is 45.0 Å². The van der Waals surface area contributed by atoms with Gasteiger partial charge in [0.25, 0.3) is 0 Å². The number of carbonyl (C=O) groups is 2. The molecule has 0 spiro atoms. The molecule has 2 N–H and O–H groups in total. The van der Waals surface area contributed by atoms with Crippen molar-refractivity contribution in [3.05, 3.63) is 71.3 Å². The number of aromatic nitrogens is 4. The zero-order valence-electron chi connectivity index (χ0n) is 20.4. The number of hydrogen-bond acceptors (Lipinski definition) is 7. The molecule has 2 unspecified atom stereocenters. The van der Waals surface area contributed by atoms with Gasteiger partial charge in [-0.15, -0.1) is 0 Å². The van der Waals surface area contributed by atoms with Gasteiger partial charge in [0.15, 0.2) is 0 Å². The molecule has 0 radical (unpaired) electrons. The van der Waals surface area contributed by atoms with Gasteiger partial charge in [-0.05, 0) is 56.4 Å². The Morgan fingerprint density at radius 2 is 1.81 bits per heavy atom. The van der Waals surface area contributed by atoms with Gasteiger partial charge in [0, 0.05) is 44.3 Å². The van der Waals surface area contributed by atoms with Crippen molar-refractivity contribution in [2.75, 3.05) is 18.4 Å². The molecular formula is C25H29N7O4.